The van der Waals surface area contributed by atoms with Crippen molar-refractivity contribution < 1.29 is 29.3 Å². The molecule has 1 spiro atoms. The van der Waals surface area contributed by atoms with E-state index < -0.39 is 24.1 Å². The van der Waals surface area contributed by atoms with Crippen LogP contribution >= 0.6 is 0 Å². The first-order valence-electron chi connectivity index (χ1n) is 9.97. The highest BCUT2D eigenvalue weighted by Gasteiger charge is 2.53. The minimum Gasteiger partial charge on any atom is -0.395 e. The minimum absolute atomic E-state index is 0.120. The summed E-state index contributed by atoms with van der Waals surface area (Å²) in [5.41, 5.74) is 2.80. The van der Waals surface area contributed by atoms with Gasteiger partial charge < -0.3 is 30.3 Å². The third-order valence-corrected chi connectivity index (χ3v) is 5.60. The Hall–Kier alpha value is -2.26. The third-order valence-electron chi connectivity index (χ3n) is 5.60. The number of benzene rings is 1. The lowest BCUT2D eigenvalue weighted by atomic mass is 9.92. The fourth-order valence-electron chi connectivity index (χ4n) is 4.26. The van der Waals surface area contributed by atoms with Gasteiger partial charge in [0, 0.05) is 44.3 Å². The molecule has 29 heavy (non-hydrogen) atoms. The number of fused-ring (bicyclic) bond motifs is 2. The molecule has 3 aliphatic rings. The SMILES string of the molecule is O=C(CCNC(=O)C1=C[C@H]2OC3(Cc4ccccc4C3)O[C@H]2[C@H](O)C1)NCCO. The smallest absolute Gasteiger partial charge is 0.247 e. The maximum atomic E-state index is 12.5. The lowest BCUT2D eigenvalue weighted by Crippen LogP contribution is -2.41. The van der Waals surface area contributed by atoms with Gasteiger partial charge in [-0.25, -0.2) is 0 Å². The molecule has 1 aromatic rings. The van der Waals surface area contributed by atoms with Crippen molar-refractivity contribution in [1.82, 2.24) is 10.6 Å². The van der Waals surface area contributed by atoms with Crippen molar-refractivity contribution >= 4 is 11.8 Å². The Balaban J connectivity index is 1.36. The fourth-order valence-corrected chi connectivity index (χ4v) is 4.26. The van der Waals surface area contributed by atoms with Gasteiger partial charge in [0.05, 0.1) is 12.7 Å². The van der Waals surface area contributed by atoms with Crippen LogP contribution in [0.1, 0.15) is 24.0 Å². The molecule has 8 heteroatoms. The van der Waals surface area contributed by atoms with E-state index in [1.807, 2.05) is 12.1 Å². The second kappa shape index (κ2) is 8.23. The highest BCUT2D eigenvalue weighted by Crippen LogP contribution is 2.44. The average Bonchev–Trinajstić information content (AvgIpc) is 3.25. The summed E-state index contributed by atoms with van der Waals surface area (Å²) in [5.74, 6) is -1.35. The normalized spacial score (nSPS) is 26.6. The van der Waals surface area contributed by atoms with Crippen LogP contribution in [-0.2, 0) is 31.9 Å². The summed E-state index contributed by atoms with van der Waals surface area (Å²) in [7, 11) is 0. The first kappa shape index (κ1) is 20.0. The highest BCUT2D eigenvalue weighted by atomic mass is 16.8. The summed E-state index contributed by atoms with van der Waals surface area (Å²) < 4.78 is 12.4. The van der Waals surface area contributed by atoms with E-state index in [0.29, 0.717) is 18.4 Å². The standard InChI is InChI=1S/C21H26N2O6/c24-8-7-22-18(26)5-6-23-20(27)15-9-16(25)19-17(10-15)28-21(29-19)11-13-3-1-2-4-14(13)12-21/h1-4,10,16-17,19,24-25H,5-9,11-12H2,(H,22,26)(H,23,27)/t16-,17-,19+/m1/s1. The number of ether oxygens (including phenoxy) is 2. The minimum atomic E-state index is -0.832. The van der Waals surface area contributed by atoms with E-state index in [1.54, 1.807) is 6.08 Å². The van der Waals surface area contributed by atoms with Crippen molar-refractivity contribution in [2.24, 2.45) is 0 Å². The molecule has 3 atom stereocenters. The zero-order valence-corrected chi connectivity index (χ0v) is 16.1. The summed E-state index contributed by atoms with van der Waals surface area (Å²) >= 11 is 0. The van der Waals surface area contributed by atoms with Crippen molar-refractivity contribution in [1.29, 1.82) is 0 Å². The molecule has 4 N–H and O–H groups in total. The quantitative estimate of drug-likeness (QED) is 0.513. The van der Waals surface area contributed by atoms with Gasteiger partial charge in [-0.2, -0.15) is 0 Å². The predicted molar refractivity (Wildman–Crippen MR) is 103 cm³/mol. The number of carbonyl (C=O) groups excluding carboxylic acids is 2. The van der Waals surface area contributed by atoms with Crippen molar-refractivity contribution in [2.75, 3.05) is 19.7 Å². The number of amides is 2. The number of carbonyl (C=O) groups is 2. The molecule has 1 heterocycles. The van der Waals surface area contributed by atoms with E-state index in [-0.39, 0.29) is 44.4 Å². The van der Waals surface area contributed by atoms with Crippen LogP contribution in [0.15, 0.2) is 35.9 Å². The maximum absolute atomic E-state index is 12.5. The second-order valence-corrected chi connectivity index (χ2v) is 7.74. The van der Waals surface area contributed by atoms with Gasteiger partial charge >= 0.3 is 0 Å². The van der Waals surface area contributed by atoms with E-state index >= 15 is 0 Å². The molecule has 156 valence electrons. The Morgan fingerprint density at radius 2 is 1.83 bits per heavy atom. The van der Waals surface area contributed by atoms with Crippen molar-refractivity contribution in [3.05, 3.63) is 47.0 Å². The summed E-state index contributed by atoms with van der Waals surface area (Å²) in [4.78, 5) is 24.0. The number of nitrogens with one attached hydrogen (secondary N) is 2. The Kier molecular flexibility index (Phi) is 5.69. The molecule has 8 nitrogen and oxygen atoms in total. The fraction of sp³-hybridized carbons (Fsp3) is 0.524. The Labute approximate surface area is 168 Å². The number of hydrogen-bond donors (Lipinski definition) is 4. The van der Waals surface area contributed by atoms with Gasteiger partial charge in [0.25, 0.3) is 0 Å². The van der Waals surface area contributed by atoms with E-state index in [1.165, 1.54) is 11.1 Å². The van der Waals surface area contributed by atoms with Gasteiger partial charge in [-0.1, -0.05) is 24.3 Å². The molecule has 0 radical (unpaired) electrons. The molecule has 2 aliphatic carbocycles. The molecule has 0 unspecified atom stereocenters. The van der Waals surface area contributed by atoms with Crippen molar-refractivity contribution in [3.63, 3.8) is 0 Å². The first-order valence-corrected chi connectivity index (χ1v) is 9.97. The molecule has 1 saturated heterocycles. The van der Waals surface area contributed by atoms with Gasteiger partial charge in [0.2, 0.25) is 11.8 Å². The van der Waals surface area contributed by atoms with Crippen LogP contribution in [-0.4, -0.2) is 65.8 Å². The number of rotatable bonds is 6. The van der Waals surface area contributed by atoms with Gasteiger partial charge in [-0.05, 0) is 17.2 Å². The molecule has 1 fully saturated rings. The van der Waals surface area contributed by atoms with Crippen LogP contribution in [0, 0.1) is 0 Å². The molecular formula is C21H26N2O6. The van der Waals surface area contributed by atoms with Crippen molar-refractivity contribution in [2.45, 2.75) is 49.8 Å². The summed E-state index contributed by atoms with van der Waals surface area (Å²) in [6, 6.07) is 8.09. The third kappa shape index (κ3) is 4.20. The lowest BCUT2D eigenvalue weighted by molar-refractivity contribution is -0.171. The molecular weight excluding hydrogens is 376 g/mol. The zero-order valence-electron chi connectivity index (χ0n) is 16.1. The van der Waals surface area contributed by atoms with Crippen LogP contribution in [0.3, 0.4) is 0 Å². The number of aliphatic hydroxyl groups is 2. The number of aliphatic hydroxyl groups excluding tert-OH is 2. The van der Waals surface area contributed by atoms with Crippen LogP contribution < -0.4 is 10.6 Å². The van der Waals surface area contributed by atoms with Gasteiger partial charge in [0.15, 0.2) is 5.79 Å². The summed E-state index contributed by atoms with van der Waals surface area (Å²) in [5, 5.41) is 24.5. The maximum Gasteiger partial charge on any atom is 0.247 e. The van der Waals surface area contributed by atoms with E-state index in [4.69, 9.17) is 14.6 Å². The van der Waals surface area contributed by atoms with Gasteiger partial charge in [0.1, 0.15) is 12.2 Å². The molecule has 0 saturated carbocycles. The monoisotopic (exact) mass is 402 g/mol. The molecule has 1 aromatic carbocycles. The van der Waals surface area contributed by atoms with E-state index in [0.717, 1.165) is 0 Å². The Bertz CT molecular complexity index is 798. The predicted octanol–water partition coefficient (Wildman–Crippen LogP) is -0.429. The van der Waals surface area contributed by atoms with Crippen LogP contribution in [0.2, 0.25) is 0 Å². The molecule has 0 aromatic heterocycles. The summed E-state index contributed by atoms with van der Waals surface area (Å²) in [6.07, 6.45) is 1.47. The Morgan fingerprint density at radius 3 is 2.52 bits per heavy atom. The Morgan fingerprint density at radius 1 is 1.10 bits per heavy atom. The molecule has 1 aliphatic heterocycles. The van der Waals surface area contributed by atoms with Crippen LogP contribution in [0.4, 0.5) is 0 Å². The lowest BCUT2D eigenvalue weighted by Gasteiger charge is -2.26. The van der Waals surface area contributed by atoms with Gasteiger partial charge in [-0.3, -0.25) is 9.59 Å². The average molecular weight is 402 g/mol. The van der Waals surface area contributed by atoms with Crippen LogP contribution in [0.25, 0.3) is 0 Å². The topological polar surface area (TPSA) is 117 Å². The first-order chi connectivity index (χ1) is 14.0. The van der Waals surface area contributed by atoms with Crippen LogP contribution in [0.5, 0.6) is 0 Å². The second-order valence-electron chi connectivity index (χ2n) is 7.74. The largest absolute Gasteiger partial charge is 0.395 e. The number of hydrogen-bond acceptors (Lipinski definition) is 6. The van der Waals surface area contributed by atoms with E-state index in [9.17, 15) is 14.7 Å². The molecule has 0 bridgehead atoms. The molecule has 4 rings (SSSR count). The highest BCUT2D eigenvalue weighted by molar-refractivity contribution is 5.94. The van der Waals surface area contributed by atoms with Crippen molar-refractivity contribution in [3.8, 4) is 0 Å². The summed E-state index contributed by atoms with van der Waals surface area (Å²) in [6.45, 7) is 0.241. The van der Waals surface area contributed by atoms with Gasteiger partial charge in [-0.15, -0.1) is 0 Å². The molecule has 2 amide bonds. The zero-order chi connectivity index (χ0) is 20.4. The van der Waals surface area contributed by atoms with E-state index in [2.05, 4.69) is 22.8 Å².